The number of benzene rings is 1. The third-order valence-corrected chi connectivity index (χ3v) is 3.36. The maximum absolute atomic E-state index is 5.13. The van der Waals surface area contributed by atoms with E-state index in [1.165, 1.54) is 0 Å². The van der Waals surface area contributed by atoms with Gasteiger partial charge in [-0.25, -0.2) is 0 Å². The quantitative estimate of drug-likeness (QED) is 0.781. The summed E-state index contributed by atoms with van der Waals surface area (Å²) in [5, 5.41) is 9.32. The van der Waals surface area contributed by atoms with E-state index in [-0.39, 0.29) is 0 Å². The van der Waals surface area contributed by atoms with Gasteiger partial charge in [-0.05, 0) is 30.0 Å². The van der Waals surface area contributed by atoms with Crippen LogP contribution in [0.3, 0.4) is 0 Å². The minimum absolute atomic E-state index is 0.846. The summed E-state index contributed by atoms with van der Waals surface area (Å²) in [7, 11) is 3.64. The maximum Gasteiger partial charge on any atom is 0.191 e. The molecule has 0 radical (unpaired) electrons. The lowest BCUT2D eigenvalue weighted by Gasteiger charge is -2.04. The fourth-order valence-electron chi connectivity index (χ4n) is 1.56. The van der Waals surface area contributed by atoms with Gasteiger partial charge in [0.05, 0.1) is 7.11 Å². The first-order valence-corrected chi connectivity index (χ1v) is 6.41. The Morgan fingerprint density at radius 3 is 2.53 bits per heavy atom. The van der Waals surface area contributed by atoms with E-state index in [9.17, 15) is 0 Å². The van der Waals surface area contributed by atoms with E-state index in [1.807, 2.05) is 35.9 Å². The molecule has 0 aliphatic rings. The molecule has 0 unspecified atom stereocenters. The second-order valence-corrected chi connectivity index (χ2v) is 4.76. The number of thioether (sulfide) groups is 1. The van der Waals surface area contributed by atoms with Gasteiger partial charge in [0.1, 0.15) is 5.75 Å². The average Bonchev–Trinajstić information content (AvgIpc) is 2.72. The number of aromatic nitrogens is 3. The van der Waals surface area contributed by atoms with E-state index in [2.05, 4.69) is 17.1 Å². The Labute approximate surface area is 105 Å². The number of rotatable bonds is 4. The molecule has 4 nitrogen and oxygen atoms in total. The lowest BCUT2D eigenvalue weighted by Crippen LogP contribution is -1.94. The molecule has 90 valence electrons. The number of hydrogen-bond acceptors (Lipinski definition) is 4. The first kappa shape index (κ1) is 12.0. The maximum atomic E-state index is 5.13. The summed E-state index contributed by atoms with van der Waals surface area (Å²) in [6.45, 7) is 2.10. The monoisotopic (exact) mass is 249 g/mol. The molecule has 0 saturated heterocycles. The van der Waals surface area contributed by atoms with Crippen LogP contribution in [0.15, 0.2) is 29.4 Å². The SMILES string of the molecule is CCSc1nnc(-c2ccc(OC)cc2)n1C. The van der Waals surface area contributed by atoms with Crippen molar-refractivity contribution in [3.05, 3.63) is 24.3 Å². The Bertz CT molecular complexity index is 493. The summed E-state index contributed by atoms with van der Waals surface area (Å²) in [5.74, 6) is 2.72. The molecule has 0 aliphatic carbocycles. The van der Waals surface area contributed by atoms with Crippen LogP contribution in [0.25, 0.3) is 11.4 Å². The van der Waals surface area contributed by atoms with Crippen LogP contribution >= 0.6 is 11.8 Å². The van der Waals surface area contributed by atoms with Gasteiger partial charge in [0.25, 0.3) is 0 Å². The first-order valence-electron chi connectivity index (χ1n) is 5.43. The molecule has 0 fully saturated rings. The Hall–Kier alpha value is -1.49. The minimum atomic E-state index is 0.846. The highest BCUT2D eigenvalue weighted by molar-refractivity contribution is 7.99. The van der Waals surface area contributed by atoms with Gasteiger partial charge in [-0.2, -0.15) is 0 Å². The summed E-state index contributed by atoms with van der Waals surface area (Å²) in [6.07, 6.45) is 0. The van der Waals surface area contributed by atoms with E-state index in [4.69, 9.17) is 4.74 Å². The Morgan fingerprint density at radius 2 is 1.94 bits per heavy atom. The number of nitrogens with zero attached hydrogens (tertiary/aromatic N) is 3. The van der Waals surface area contributed by atoms with Gasteiger partial charge >= 0.3 is 0 Å². The second-order valence-electron chi connectivity index (χ2n) is 3.53. The molecular formula is C12H15N3OS. The molecule has 0 atom stereocenters. The van der Waals surface area contributed by atoms with E-state index in [1.54, 1.807) is 18.9 Å². The van der Waals surface area contributed by atoms with Gasteiger partial charge in [-0.1, -0.05) is 18.7 Å². The van der Waals surface area contributed by atoms with Crippen molar-refractivity contribution >= 4 is 11.8 Å². The lowest BCUT2D eigenvalue weighted by molar-refractivity contribution is 0.415. The van der Waals surface area contributed by atoms with E-state index < -0.39 is 0 Å². The van der Waals surface area contributed by atoms with E-state index in [0.29, 0.717) is 0 Å². The first-order chi connectivity index (χ1) is 8.26. The third kappa shape index (κ3) is 2.44. The fourth-order valence-corrected chi connectivity index (χ4v) is 2.20. The summed E-state index contributed by atoms with van der Waals surface area (Å²) in [6, 6.07) is 7.83. The van der Waals surface area contributed by atoms with Crippen molar-refractivity contribution < 1.29 is 4.74 Å². The van der Waals surface area contributed by atoms with Crippen LogP contribution in [-0.2, 0) is 7.05 Å². The molecule has 0 bridgehead atoms. The zero-order valence-electron chi connectivity index (χ0n) is 10.2. The Balaban J connectivity index is 2.32. The second kappa shape index (κ2) is 5.23. The van der Waals surface area contributed by atoms with Crippen molar-refractivity contribution in [2.24, 2.45) is 7.05 Å². The van der Waals surface area contributed by atoms with Crippen molar-refractivity contribution in [1.29, 1.82) is 0 Å². The zero-order valence-corrected chi connectivity index (χ0v) is 11.0. The fraction of sp³-hybridized carbons (Fsp3) is 0.333. The highest BCUT2D eigenvalue weighted by atomic mass is 32.2. The molecule has 5 heteroatoms. The molecule has 0 saturated carbocycles. The van der Waals surface area contributed by atoms with Gasteiger partial charge in [-0.3, -0.25) is 0 Å². The molecular weight excluding hydrogens is 234 g/mol. The number of ether oxygens (including phenoxy) is 1. The predicted molar refractivity (Wildman–Crippen MR) is 69.4 cm³/mol. The molecule has 17 heavy (non-hydrogen) atoms. The van der Waals surface area contributed by atoms with Crippen LogP contribution in [-0.4, -0.2) is 27.6 Å². The van der Waals surface area contributed by atoms with E-state index >= 15 is 0 Å². The Kier molecular flexibility index (Phi) is 3.68. The molecule has 1 heterocycles. The average molecular weight is 249 g/mol. The summed E-state index contributed by atoms with van der Waals surface area (Å²) in [4.78, 5) is 0. The van der Waals surface area contributed by atoms with Gasteiger partial charge in [0.15, 0.2) is 11.0 Å². The molecule has 1 aromatic heterocycles. The number of hydrogen-bond donors (Lipinski definition) is 0. The molecule has 0 amide bonds. The van der Waals surface area contributed by atoms with Gasteiger partial charge in [0.2, 0.25) is 0 Å². The van der Waals surface area contributed by atoms with Crippen LogP contribution in [0.1, 0.15) is 6.92 Å². The van der Waals surface area contributed by atoms with Crippen molar-refractivity contribution in [3.8, 4) is 17.1 Å². The largest absolute Gasteiger partial charge is 0.497 e. The summed E-state index contributed by atoms with van der Waals surface area (Å²) >= 11 is 1.69. The van der Waals surface area contributed by atoms with Crippen molar-refractivity contribution in [3.63, 3.8) is 0 Å². The highest BCUT2D eigenvalue weighted by Crippen LogP contribution is 2.23. The summed E-state index contributed by atoms with van der Waals surface area (Å²) in [5.41, 5.74) is 1.05. The van der Waals surface area contributed by atoms with Crippen LogP contribution in [0.5, 0.6) is 5.75 Å². The zero-order chi connectivity index (χ0) is 12.3. The topological polar surface area (TPSA) is 39.9 Å². The molecule has 0 spiro atoms. The highest BCUT2D eigenvalue weighted by Gasteiger charge is 2.10. The molecule has 2 rings (SSSR count). The molecule has 0 N–H and O–H groups in total. The normalized spacial score (nSPS) is 10.5. The number of methoxy groups -OCH3 is 1. The van der Waals surface area contributed by atoms with Gasteiger partial charge < -0.3 is 9.30 Å². The molecule has 2 aromatic rings. The van der Waals surface area contributed by atoms with Crippen molar-refractivity contribution in [2.45, 2.75) is 12.1 Å². The standard InChI is InChI=1S/C12H15N3OS/c1-4-17-12-14-13-11(15(12)2)9-5-7-10(16-3)8-6-9/h5-8H,4H2,1-3H3. The van der Waals surface area contributed by atoms with Crippen LogP contribution in [0, 0.1) is 0 Å². The Morgan fingerprint density at radius 1 is 1.24 bits per heavy atom. The van der Waals surface area contributed by atoms with E-state index in [0.717, 1.165) is 28.0 Å². The van der Waals surface area contributed by atoms with Crippen LogP contribution in [0.2, 0.25) is 0 Å². The van der Waals surface area contributed by atoms with Crippen LogP contribution in [0.4, 0.5) is 0 Å². The lowest BCUT2D eigenvalue weighted by atomic mass is 10.2. The van der Waals surface area contributed by atoms with Crippen molar-refractivity contribution in [1.82, 2.24) is 14.8 Å². The van der Waals surface area contributed by atoms with Gasteiger partial charge in [0, 0.05) is 12.6 Å². The van der Waals surface area contributed by atoms with Crippen molar-refractivity contribution in [2.75, 3.05) is 12.9 Å². The minimum Gasteiger partial charge on any atom is -0.497 e. The molecule has 1 aromatic carbocycles. The smallest absolute Gasteiger partial charge is 0.191 e. The van der Waals surface area contributed by atoms with Gasteiger partial charge in [-0.15, -0.1) is 10.2 Å². The molecule has 0 aliphatic heterocycles. The predicted octanol–water partition coefficient (Wildman–Crippen LogP) is 2.60. The van der Waals surface area contributed by atoms with Crippen LogP contribution < -0.4 is 4.74 Å². The third-order valence-electron chi connectivity index (χ3n) is 2.46. The summed E-state index contributed by atoms with van der Waals surface area (Å²) < 4.78 is 7.14.